The smallest absolute Gasteiger partial charge is 0.220 e. The molecule has 6 heteroatoms. The van der Waals surface area contributed by atoms with E-state index in [9.17, 15) is 9.18 Å². The van der Waals surface area contributed by atoms with Crippen molar-refractivity contribution in [2.75, 3.05) is 25.1 Å². The number of benzene rings is 2. The van der Waals surface area contributed by atoms with E-state index in [0.717, 1.165) is 16.9 Å². The molecule has 0 bridgehead atoms. The first-order chi connectivity index (χ1) is 13.9. The standard InChI is InChI=1S/C23H29FN2O3/c1-16-14-26(15-17(2)29-16)22-10-6-19(12-21(22)24)13-25-23(27)11-7-18-4-8-20(28-3)9-5-18/h4-6,8-10,12,16-17H,7,11,13-15H2,1-3H3,(H,25,27). The van der Waals surface area contributed by atoms with Gasteiger partial charge in [0.25, 0.3) is 0 Å². The summed E-state index contributed by atoms with van der Waals surface area (Å²) < 4.78 is 25.5. The van der Waals surface area contributed by atoms with Crippen molar-refractivity contribution in [3.05, 3.63) is 59.4 Å². The number of aryl methyl sites for hydroxylation is 1. The van der Waals surface area contributed by atoms with Crippen LogP contribution in [0.4, 0.5) is 10.1 Å². The highest BCUT2D eigenvalue weighted by Crippen LogP contribution is 2.24. The van der Waals surface area contributed by atoms with Gasteiger partial charge in [-0.15, -0.1) is 0 Å². The summed E-state index contributed by atoms with van der Waals surface area (Å²) in [6.07, 6.45) is 1.18. The van der Waals surface area contributed by atoms with Crippen LogP contribution in [0.3, 0.4) is 0 Å². The molecule has 1 fully saturated rings. The Kier molecular flexibility index (Phi) is 7.09. The van der Waals surface area contributed by atoms with Crippen molar-refractivity contribution in [1.82, 2.24) is 5.32 Å². The highest BCUT2D eigenvalue weighted by molar-refractivity contribution is 5.76. The van der Waals surface area contributed by atoms with E-state index in [0.29, 0.717) is 38.2 Å². The molecule has 0 spiro atoms. The Morgan fingerprint density at radius 1 is 1.14 bits per heavy atom. The van der Waals surface area contributed by atoms with Crippen molar-refractivity contribution < 1.29 is 18.7 Å². The molecule has 0 aromatic heterocycles. The number of morpholine rings is 1. The maximum Gasteiger partial charge on any atom is 0.220 e. The van der Waals surface area contributed by atoms with Crippen LogP contribution in [0.15, 0.2) is 42.5 Å². The van der Waals surface area contributed by atoms with Crippen molar-refractivity contribution in [2.45, 2.75) is 45.4 Å². The Morgan fingerprint density at radius 2 is 1.79 bits per heavy atom. The first-order valence-electron chi connectivity index (χ1n) is 10.0. The molecule has 1 amide bonds. The number of hydrogen-bond donors (Lipinski definition) is 1. The topological polar surface area (TPSA) is 50.8 Å². The molecule has 1 aliphatic heterocycles. The number of amides is 1. The summed E-state index contributed by atoms with van der Waals surface area (Å²) in [7, 11) is 1.62. The molecule has 2 aromatic carbocycles. The van der Waals surface area contributed by atoms with E-state index < -0.39 is 0 Å². The Hall–Kier alpha value is -2.60. The third kappa shape index (κ3) is 5.94. The normalized spacial score (nSPS) is 19.1. The first-order valence-corrected chi connectivity index (χ1v) is 10.0. The van der Waals surface area contributed by atoms with Gasteiger partial charge >= 0.3 is 0 Å². The summed E-state index contributed by atoms with van der Waals surface area (Å²) in [6.45, 7) is 5.65. The molecule has 1 saturated heterocycles. The summed E-state index contributed by atoms with van der Waals surface area (Å²) >= 11 is 0. The zero-order valence-corrected chi connectivity index (χ0v) is 17.3. The molecule has 0 saturated carbocycles. The fourth-order valence-corrected chi connectivity index (χ4v) is 3.63. The second-order valence-electron chi connectivity index (χ2n) is 7.57. The van der Waals surface area contributed by atoms with Gasteiger partial charge in [0.1, 0.15) is 11.6 Å². The maximum atomic E-state index is 14.6. The maximum absolute atomic E-state index is 14.6. The lowest BCUT2D eigenvalue weighted by atomic mass is 10.1. The molecule has 1 heterocycles. The van der Waals surface area contributed by atoms with E-state index in [-0.39, 0.29) is 23.9 Å². The minimum Gasteiger partial charge on any atom is -0.497 e. The number of methoxy groups -OCH3 is 1. The van der Waals surface area contributed by atoms with Crippen molar-refractivity contribution >= 4 is 11.6 Å². The molecule has 29 heavy (non-hydrogen) atoms. The Labute approximate surface area is 171 Å². The molecule has 1 N–H and O–H groups in total. The number of halogens is 1. The number of carbonyl (C=O) groups excluding carboxylic acids is 1. The lowest BCUT2D eigenvalue weighted by Gasteiger charge is -2.37. The second kappa shape index (κ2) is 9.74. The van der Waals surface area contributed by atoms with Gasteiger partial charge in [-0.1, -0.05) is 18.2 Å². The Morgan fingerprint density at radius 3 is 2.41 bits per heavy atom. The van der Waals surface area contributed by atoms with Crippen LogP contribution in [-0.4, -0.2) is 38.3 Å². The van der Waals surface area contributed by atoms with Crippen molar-refractivity contribution in [3.8, 4) is 5.75 Å². The van der Waals surface area contributed by atoms with E-state index in [2.05, 4.69) is 5.32 Å². The van der Waals surface area contributed by atoms with E-state index in [1.807, 2.05) is 49.1 Å². The predicted octanol–water partition coefficient (Wildman–Crippen LogP) is 3.70. The fourth-order valence-electron chi connectivity index (χ4n) is 3.63. The summed E-state index contributed by atoms with van der Waals surface area (Å²) in [5.74, 6) is 0.474. The van der Waals surface area contributed by atoms with Crippen molar-refractivity contribution in [3.63, 3.8) is 0 Å². The molecular weight excluding hydrogens is 371 g/mol. The molecule has 1 aliphatic rings. The van der Waals surface area contributed by atoms with E-state index in [1.165, 1.54) is 6.07 Å². The number of anilines is 1. The van der Waals surface area contributed by atoms with Crippen LogP contribution in [0.2, 0.25) is 0 Å². The van der Waals surface area contributed by atoms with Crippen LogP contribution in [0.1, 0.15) is 31.4 Å². The fraction of sp³-hybridized carbons (Fsp3) is 0.435. The zero-order chi connectivity index (χ0) is 20.8. The third-order valence-corrected chi connectivity index (χ3v) is 5.06. The molecule has 2 atom stereocenters. The minimum absolute atomic E-state index is 0.0545. The lowest BCUT2D eigenvalue weighted by molar-refractivity contribution is -0.121. The van der Waals surface area contributed by atoms with Gasteiger partial charge in [-0.05, 0) is 55.7 Å². The van der Waals surface area contributed by atoms with Crippen LogP contribution in [0.5, 0.6) is 5.75 Å². The lowest BCUT2D eigenvalue weighted by Crippen LogP contribution is -2.45. The molecule has 2 unspecified atom stereocenters. The number of hydrogen-bond acceptors (Lipinski definition) is 4. The molecule has 2 aromatic rings. The van der Waals surface area contributed by atoms with Gasteiger partial charge in [-0.2, -0.15) is 0 Å². The van der Waals surface area contributed by atoms with Crippen LogP contribution in [0.25, 0.3) is 0 Å². The highest BCUT2D eigenvalue weighted by Gasteiger charge is 2.24. The molecular formula is C23H29FN2O3. The average molecular weight is 400 g/mol. The monoisotopic (exact) mass is 400 g/mol. The van der Waals surface area contributed by atoms with Gasteiger partial charge in [0.05, 0.1) is 25.0 Å². The number of rotatable bonds is 7. The largest absolute Gasteiger partial charge is 0.497 e. The van der Waals surface area contributed by atoms with Gasteiger partial charge in [-0.25, -0.2) is 4.39 Å². The second-order valence-corrected chi connectivity index (χ2v) is 7.57. The SMILES string of the molecule is COc1ccc(CCC(=O)NCc2ccc(N3CC(C)OC(C)C3)c(F)c2)cc1. The van der Waals surface area contributed by atoms with E-state index in [4.69, 9.17) is 9.47 Å². The molecule has 5 nitrogen and oxygen atoms in total. The van der Waals surface area contributed by atoms with Crippen LogP contribution in [-0.2, 0) is 22.5 Å². The first kappa shape index (κ1) is 21.1. The number of ether oxygens (including phenoxy) is 2. The number of carbonyl (C=O) groups is 1. The average Bonchev–Trinajstić information content (AvgIpc) is 2.70. The Bertz CT molecular complexity index is 815. The third-order valence-electron chi connectivity index (χ3n) is 5.06. The molecule has 0 aliphatic carbocycles. The summed E-state index contributed by atoms with van der Waals surface area (Å²) in [4.78, 5) is 14.2. The zero-order valence-electron chi connectivity index (χ0n) is 17.3. The number of nitrogens with zero attached hydrogens (tertiary/aromatic N) is 1. The van der Waals surface area contributed by atoms with Crippen LogP contribution in [0, 0.1) is 5.82 Å². The number of nitrogens with one attached hydrogen (secondary N) is 1. The summed E-state index contributed by atoms with van der Waals surface area (Å²) in [5, 5.41) is 2.87. The Balaban J connectivity index is 1.50. The minimum atomic E-state index is -0.267. The van der Waals surface area contributed by atoms with Gasteiger partial charge in [0.2, 0.25) is 5.91 Å². The van der Waals surface area contributed by atoms with E-state index in [1.54, 1.807) is 13.2 Å². The van der Waals surface area contributed by atoms with Crippen molar-refractivity contribution in [2.24, 2.45) is 0 Å². The molecule has 0 radical (unpaired) electrons. The van der Waals surface area contributed by atoms with Gasteiger partial charge in [0.15, 0.2) is 0 Å². The van der Waals surface area contributed by atoms with Gasteiger partial charge in [-0.3, -0.25) is 4.79 Å². The van der Waals surface area contributed by atoms with Crippen LogP contribution >= 0.6 is 0 Å². The molecule has 156 valence electrons. The highest BCUT2D eigenvalue weighted by atomic mass is 19.1. The van der Waals surface area contributed by atoms with Gasteiger partial charge in [0, 0.05) is 26.1 Å². The van der Waals surface area contributed by atoms with Gasteiger partial charge < -0.3 is 19.7 Å². The summed E-state index contributed by atoms with van der Waals surface area (Å²) in [5.41, 5.74) is 2.41. The quantitative estimate of drug-likeness (QED) is 0.770. The summed E-state index contributed by atoms with van der Waals surface area (Å²) in [6, 6.07) is 12.8. The van der Waals surface area contributed by atoms with E-state index >= 15 is 0 Å². The van der Waals surface area contributed by atoms with Crippen LogP contribution < -0.4 is 15.0 Å². The van der Waals surface area contributed by atoms with Crippen molar-refractivity contribution in [1.29, 1.82) is 0 Å². The molecule has 3 rings (SSSR count). The predicted molar refractivity (Wildman–Crippen MR) is 112 cm³/mol.